The topological polar surface area (TPSA) is 88.8 Å². The predicted molar refractivity (Wildman–Crippen MR) is 74.7 cm³/mol. The summed E-state index contributed by atoms with van der Waals surface area (Å²) in [7, 11) is 0. The van der Waals surface area contributed by atoms with Crippen molar-refractivity contribution in [2.45, 2.75) is 18.8 Å². The van der Waals surface area contributed by atoms with Gasteiger partial charge in [-0.1, -0.05) is 24.3 Å². The van der Waals surface area contributed by atoms with Gasteiger partial charge in [0.05, 0.1) is 6.21 Å². The molecule has 0 atom stereocenters. The molecule has 5 nitrogen and oxygen atoms in total. The fourth-order valence-corrected chi connectivity index (χ4v) is 2.17. The van der Waals surface area contributed by atoms with Crippen molar-refractivity contribution in [3.05, 3.63) is 35.4 Å². The van der Waals surface area contributed by atoms with Crippen molar-refractivity contribution in [2.75, 3.05) is 13.1 Å². The summed E-state index contributed by atoms with van der Waals surface area (Å²) in [6.07, 6.45) is 4.06. The van der Waals surface area contributed by atoms with Gasteiger partial charge in [0.25, 0.3) is 0 Å². The van der Waals surface area contributed by atoms with Crippen LogP contribution in [0.3, 0.4) is 0 Å². The van der Waals surface area contributed by atoms with Gasteiger partial charge in [-0.2, -0.15) is 5.10 Å². The van der Waals surface area contributed by atoms with Crippen LogP contribution in [0.4, 0.5) is 0 Å². The molecule has 1 saturated heterocycles. The van der Waals surface area contributed by atoms with Gasteiger partial charge in [0.2, 0.25) is 5.96 Å². The summed E-state index contributed by atoms with van der Waals surface area (Å²) in [6, 6.07) is 8.41. The van der Waals surface area contributed by atoms with Gasteiger partial charge in [0.15, 0.2) is 0 Å². The van der Waals surface area contributed by atoms with E-state index in [-0.39, 0.29) is 18.4 Å². The largest absolute Gasteiger partial charge is 1.00 e. The van der Waals surface area contributed by atoms with Crippen molar-refractivity contribution in [1.29, 1.82) is 0 Å². The Labute approximate surface area is 119 Å². The Kier molecular flexibility index (Phi) is 6.32. The average Bonchev–Trinajstić information content (AvgIpc) is 2.40. The molecule has 1 aromatic rings. The smallest absolute Gasteiger partial charge is 0.211 e. The number of rotatable bonds is 3. The third-order valence-electron chi connectivity index (χ3n) is 3.13. The summed E-state index contributed by atoms with van der Waals surface area (Å²) in [6.45, 7) is 2.22. The van der Waals surface area contributed by atoms with Gasteiger partial charge < -0.3 is 29.2 Å². The van der Waals surface area contributed by atoms with E-state index in [1.54, 1.807) is 6.21 Å². The third kappa shape index (κ3) is 4.89. The van der Waals surface area contributed by atoms with Crippen LogP contribution < -0.4 is 29.2 Å². The molecule has 0 saturated carbocycles. The molecule has 5 N–H and O–H groups in total. The van der Waals surface area contributed by atoms with E-state index >= 15 is 0 Å². The quantitative estimate of drug-likeness (QED) is 0.332. The van der Waals surface area contributed by atoms with Gasteiger partial charge in [-0.15, -0.1) is 5.10 Å². The molecule has 0 amide bonds. The molecular formula is C13H19ClN5-. The molecule has 104 valence electrons. The van der Waals surface area contributed by atoms with E-state index in [1.165, 1.54) is 18.4 Å². The maximum absolute atomic E-state index is 5.19. The predicted octanol–water partition coefficient (Wildman–Crippen LogP) is -2.24. The van der Waals surface area contributed by atoms with Crippen LogP contribution in [0.2, 0.25) is 0 Å². The summed E-state index contributed by atoms with van der Waals surface area (Å²) in [5, 5.41) is 10.7. The van der Waals surface area contributed by atoms with Crippen molar-refractivity contribution in [2.24, 2.45) is 21.7 Å². The van der Waals surface area contributed by atoms with Crippen LogP contribution in [0.1, 0.15) is 29.9 Å². The number of hydrogen-bond donors (Lipinski definition) is 3. The number of benzene rings is 1. The van der Waals surface area contributed by atoms with Crippen LogP contribution in [-0.4, -0.2) is 25.3 Å². The summed E-state index contributed by atoms with van der Waals surface area (Å²) in [5.74, 6) is 0.646. The maximum atomic E-state index is 5.19. The summed E-state index contributed by atoms with van der Waals surface area (Å²) >= 11 is 0. The fraction of sp³-hybridized carbons (Fsp3) is 0.385. The second kappa shape index (κ2) is 7.76. The van der Waals surface area contributed by atoms with E-state index in [9.17, 15) is 0 Å². The van der Waals surface area contributed by atoms with E-state index in [0.717, 1.165) is 18.7 Å². The first-order valence-electron chi connectivity index (χ1n) is 6.18. The van der Waals surface area contributed by atoms with Crippen LogP contribution in [0.15, 0.2) is 34.5 Å². The first-order valence-corrected chi connectivity index (χ1v) is 6.18. The molecule has 1 heterocycles. The minimum Gasteiger partial charge on any atom is -1.00 e. The number of guanidine groups is 1. The minimum absolute atomic E-state index is 0. The Morgan fingerprint density at radius 2 is 1.79 bits per heavy atom. The maximum Gasteiger partial charge on any atom is 0.211 e. The lowest BCUT2D eigenvalue weighted by atomic mass is 9.90. The van der Waals surface area contributed by atoms with E-state index in [1.807, 2.05) is 12.1 Å². The molecule has 0 aliphatic carbocycles. The molecule has 0 unspecified atom stereocenters. The molecule has 1 aliphatic rings. The molecule has 0 aromatic heterocycles. The van der Waals surface area contributed by atoms with Crippen molar-refractivity contribution in [1.82, 2.24) is 5.32 Å². The van der Waals surface area contributed by atoms with Gasteiger partial charge in [0, 0.05) is 0 Å². The Morgan fingerprint density at radius 1 is 1.16 bits per heavy atom. The average molecular weight is 281 g/mol. The molecule has 0 spiro atoms. The lowest BCUT2D eigenvalue weighted by Gasteiger charge is -2.22. The highest BCUT2D eigenvalue weighted by Gasteiger charge is 2.14. The zero-order chi connectivity index (χ0) is 12.8. The normalized spacial score (nSPS) is 16.0. The lowest BCUT2D eigenvalue weighted by Crippen LogP contribution is -3.00. The van der Waals surface area contributed by atoms with E-state index in [2.05, 4.69) is 27.7 Å². The zero-order valence-electron chi connectivity index (χ0n) is 10.7. The standard InChI is InChI=1S/C13H19N5.ClH/c14-13(15)18-17-9-10-1-3-11(4-2-10)12-5-7-16-8-6-12;/h1-4,9,12,16H,5-8H2,(H4,14,15,18);1H/p-1/b17-9+;. The second-order valence-corrected chi connectivity index (χ2v) is 4.46. The Morgan fingerprint density at radius 3 is 2.37 bits per heavy atom. The Bertz CT molecular complexity index is 431. The summed E-state index contributed by atoms with van der Waals surface area (Å²) in [5.41, 5.74) is 12.8. The van der Waals surface area contributed by atoms with Crippen LogP contribution >= 0.6 is 0 Å². The van der Waals surface area contributed by atoms with Crippen LogP contribution in [0, 0.1) is 0 Å². The van der Waals surface area contributed by atoms with Crippen LogP contribution in [0.5, 0.6) is 0 Å². The number of halogens is 1. The van der Waals surface area contributed by atoms with Crippen molar-refractivity contribution >= 4 is 12.2 Å². The first kappa shape index (κ1) is 15.5. The highest BCUT2D eigenvalue weighted by molar-refractivity contribution is 5.81. The van der Waals surface area contributed by atoms with Crippen molar-refractivity contribution in [3.8, 4) is 0 Å². The Balaban J connectivity index is 0.00000180. The molecule has 0 bridgehead atoms. The van der Waals surface area contributed by atoms with Crippen LogP contribution in [0.25, 0.3) is 0 Å². The monoisotopic (exact) mass is 280 g/mol. The molecule has 1 fully saturated rings. The molecular weight excluding hydrogens is 262 g/mol. The highest BCUT2D eigenvalue weighted by atomic mass is 35.5. The molecule has 6 heteroatoms. The van der Waals surface area contributed by atoms with E-state index < -0.39 is 0 Å². The first-order chi connectivity index (χ1) is 8.75. The summed E-state index contributed by atoms with van der Waals surface area (Å²) in [4.78, 5) is 0. The molecule has 19 heavy (non-hydrogen) atoms. The van der Waals surface area contributed by atoms with E-state index in [4.69, 9.17) is 11.5 Å². The lowest BCUT2D eigenvalue weighted by molar-refractivity contribution is -0.00000402. The second-order valence-electron chi connectivity index (χ2n) is 4.46. The number of nitrogens with zero attached hydrogens (tertiary/aromatic N) is 2. The van der Waals surface area contributed by atoms with Crippen LogP contribution in [-0.2, 0) is 0 Å². The third-order valence-corrected chi connectivity index (χ3v) is 3.13. The Hall–Kier alpha value is -1.59. The van der Waals surface area contributed by atoms with Gasteiger partial charge in [-0.05, 0) is 43.0 Å². The SMILES string of the molecule is NC(N)=N/N=C/c1ccc(C2CCNCC2)cc1.[Cl-]. The highest BCUT2D eigenvalue weighted by Crippen LogP contribution is 2.24. The van der Waals surface area contributed by atoms with Gasteiger partial charge in [0.1, 0.15) is 0 Å². The van der Waals surface area contributed by atoms with Crippen molar-refractivity contribution < 1.29 is 12.4 Å². The van der Waals surface area contributed by atoms with Crippen molar-refractivity contribution in [3.63, 3.8) is 0 Å². The van der Waals surface area contributed by atoms with Gasteiger partial charge in [-0.25, -0.2) is 0 Å². The molecule has 1 aliphatic heterocycles. The van der Waals surface area contributed by atoms with Gasteiger partial charge >= 0.3 is 0 Å². The molecule has 0 radical (unpaired) electrons. The van der Waals surface area contributed by atoms with Gasteiger partial charge in [-0.3, -0.25) is 0 Å². The number of nitrogens with one attached hydrogen (secondary N) is 1. The molecule has 1 aromatic carbocycles. The zero-order valence-corrected chi connectivity index (χ0v) is 11.5. The fourth-order valence-electron chi connectivity index (χ4n) is 2.17. The number of hydrogen-bond acceptors (Lipinski definition) is 3. The number of nitrogens with two attached hydrogens (primary N) is 2. The van der Waals surface area contributed by atoms with E-state index in [0.29, 0.717) is 5.92 Å². The molecule has 2 rings (SSSR count). The number of piperidine rings is 1. The summed E-state index contributed by atoms with van der Waals surface area (Å²) < 4.78 is 0. The minimum atomic E-state index is -0.0300.